The van der Waals surface area contributed by atoms with Gasteiger partial charge in [0.15, 0.2) is 0 Å². The van der Waals surface area contributed by atoms with E-state index in [1.165, 1.54) is 165 Å². The second kappa shape index (κ2) is 56.5. The molecule has 0 fully saturated rings. The van der Waals surface area contributed by atoms with Crippen LogP contribution in [-0.2, 0) is 47.9 Å². The predicted octanol–water partition coefficient (Wildman–Crippen LogP) is 11.7. The van der Waals surface area contributed by atoms with Crippen LogP contribution in [0.1, 0.15) is 16.7 Å². The fraction of sp³-hybridized carbons (Fsp3) is 0.194. The van der Waals surface area contributed by atoms with Crippen LogP contribution in [0.15, 0.2) is 173 Å². The van der Waals surface area contributed by atoms with Gasteiger partial charge in [-0.1, -0.05) is 35.3 Å². The van der Waals surface area contributed by atoms with Crippen molar-refractivity contribution >= 4 is 235 Å². The van der Waals surface area contributed by atoms with E-state index in [0.29, 0.717) is 61.8 Å². The summed E-state index contributed by atoms with van der Waals surface area (Å²) in [6.07, 6.45) is 3.00. The van der Waals surface area contributed by atoms with E-state index in [1.54, 1.807) is 56.4 Å². The molecule has 0 aliphatic carbocycles. The van der Waals surface area contributed by atoms with E-state index in [0.717, 1.165) is 131 Å². The molecule has 3 aromatic heterocycles. The van der Waals surface area contributed by atoms with E-state index >= 15 is 0 Å². The number of non-ortho nitro benzene ring substituents is 6. The Morgan fingerprint density at radius 3 is 0.560 bits per heavy atom. The number of nitriles is 3. The Balaban J connectivity index is 0.000000434. The third-order valence-electron chi connectivity index (χ3n) is 13.3. The Hall–Kier alpha value is -14.1. The Morgan fingerprint density at radius 2 is 0.440 bits per heavy atom. The molecule has 53 heteroatoms. The molecule has 0 radical (unpaired) electrons. The van der Waals surface area contributed by atoms with Crippen LogP contribution < -0.4 is 31.9 Å². The zero-order valence-corrected chi connectivity index (χ0v) is 73.6. The van der Waals surface area contributed by atoms with Crippen molar-refractivity contribution in [1.82, 2.24) is 32.7 Å². The first-order valence-electron chi connectivity index (χ1n) is 34.1. The first-order chi connectivity index (χ1) is 59.4. The quantitative estimate of drug-likeness (QED) is 0.00944. The van der Waals surface area contributed by atoms with Crippen LogP contribution in [-0.4, -0.2) is 214 Å². The number of amides is 10. The number of thioether (sulfide) groups is 6. The molecule has 0 unspecified atom stereocenters. The summed E-state index contributed by atoms with van der Waals surface area (Å²) >= 11 is 9.61. The van der Waals surface area contributed by atoms with Crippen LogP contribution in [0.5, 0.6) is 0 Å². The molecular weight excluding hydrogens is 1810 g/mol. The molecule has 0 aliphatic rings. The fourth-order valence-corrected chi connectivity index (χ4v) is 15.7. The number of nitrogens with zero attached hydrogens (tertiary/aromatic N) is 16. The summed E-state index contributed by atoms with van der Waals surface area (Å²) in [6.45, 7) is 0. The van der Waals surface area contributed by atoms with Crippen LogP contribution >= 0.6 is 105 Å². The number of anilines is 6. The van der Waals surface area contributed by atoms with Crippen molar-refractivity contribution in [2.75, 3.05) is 123 Å². The van der Waals surface area contributed by atoms with Gasteiger partial charge in [0.2, 0.25) is 61.1 Å². The normalized spacial score (nSPS) is 9.70. The van der Waals surface area contributed by atoms with Gasteiger partial charge in [-0.05, 0) is 107 Å². The molecule has 0 bridgehead atoms. The van der Waals surface area contributed by atoms with Crippen molar-refractivity contribution in [1.29, 1.82) is 15.8 Å². The summed E-state index contributed by atoms with van der Waals surface area (Å²) in [5, 5.41) is 109. The van der Waals surface area contributed by atoms with Crippen LogP contribution in [0.4, 0.5) is 68.2 Å². The summed E-state index contributed by atoms with van der Waals surface area (Å²) < 4.78 is 14.1. The summed E-state index contributed by atoms with van der Waals surface area (Å²) in [4.78, 5) is 178. The average Bonchev–Trinajstić information content (AvgIpc) is 1.71. The summed E-state index contributed by atoms with van der Waals surface area (Å²) in [7, 11) is 13.5. The zero-order chi connectivity index (χ0) is 93.3. The van der Waals surface area contributed by atoms with Gasteiger partial charge in [0.1, 0.15) is 62.6 Å². The third-order valence-corrected chi connectivity index (χ3v) is 22.8. The Morgan fingerprint density at radius 1 is 0.304 bits per heavy atom. The maximum Gasteiger partial charge on any atom is 0.269 e. The van der Waals surface area contributed by atoms with E-state index in [9.17, 15) is 124 Å². The average molecular weight is 1880 g/mol. The van der Waals surface area contributed by atoms with Gasteiger partial charge in [0, 0.05) is 163 Å². The highest BCUT2D eigenvalue weighted by Gasteiger charge is 2.23. The lowest BCUT2D eigenvalue weighted by Crippen LogP contribution is -2.14. The molecule has 9 rings (SSSR count). The zero-order valence-electron chi connectivity index (χ0n) is 66.2. The first kappa shape index (κ1) is 105. The Bertz CT molecular complexity index is 4550. The Labute approximate surface area is 747 Å². The summed E-state index contributed by atoms with van der Waals surface area (Å²) in [5.41, 5.74) is 2.64. The van der Waals surface area contributed by atoms with Crippen LogP contribution in [0, 0.1) is 94.7 Å². The van der Waals surface area contributed by atoms with Gasteiger partial charge in [-0.25, -0.2) is 0 Å². The molecule has 654 valence electrons. The minimum atomic E-state index is -0.540. The number of carbonyl (C=O) groups is 10. The van der Waals surface area contributed by atoms with Crippen LogP contribution in [0.2, 0.25) is 0 Å². The van der Waals surface area contributed by atoms with Gasteiger partial charge in [0.05, 0.1) is 64.1 Å². The lowest BCUT2D eigenvalue weighted by molar-refractivity contribution is -0.385. The largest absolute Gasteiger partial charge is 0.351 e. The molecule has 9 aromatic rings. The second-order valence-electron chi connectivity index (χ2n) is 23.9. The number of benzene rings is 6. The van der Waals surface area contributed by atoms with Crippen molar-refractivity contribution in [2.24, 2.45) is 0 Å². The van der Waals surface area contributed by atoms with E-state index in [4.69, 9.17) is 0 Å². The molecule has 125 heavy (non-hydrogen) atoms. The molecule has 44 nitrogen and oxygen atoms in total. The van der Waals surface area contributed by atoms with Gasteiger partial charge < -0.3 is 51.5 Å². The maximum absolute atomic E-state index is 12.2. The van der Waals surface area contributed by atoms with Crippen LogP contribution in [0.3, 0.4) is 0 Å². The van der Waals surface area contributed by atoms with E-state index in [1.807, 2.05) is 18.2 Å². The minimum absolute atomic E-state index is 0.0153. The highest BCUT2D eigenvalue weighted by molar-refractivity contribution is 8.03. The molecule has 6 aromatic carbocycles. The molecule has 6 N–H and O–H groups in total. The number of aromatic nitrogens is 3. The first-order valence-corrected chi connectivity index (χ1v) is 42.3. The molecule has 0 atom stereocenters. The highest BCUT2D eigenvalue weighted by Crippen LogP contribution is 2.38. The number of rotatable bonds is 34. The smallest absolute Gasteiger partial charge is 0.269 e. The van der Waals surface area contributed by atoms with E-state index in [2.05, 4.69) is 45.0 Å². The van der Waals surface area contributed by atoms with Crippen molar-refractivity contribution in [2.45, 2.75) is 27.7 Å². The van der Waals surface area contributed by atoms with Gasteiger partial charge >= 0.3 is 0 Å². The third kappa shape index (κ3) is 40.9. The molecule has 0 aliphatic heterocycles. The minimum Gasteiger partial charge on any atom is -0.351 e. The standard InChI is InChI=1S/3C20H14N6O6S3.4C3H7NO/c3*21-9-16-19(33-10-17(27)22-12-1-5-14(6-2-12)25(29)30)24-35-20(16)34-11-18(28)23-13-3-7-15(8-4-13)26(31)32;4*1-4(2)3-5/h3*1-8H,10-11H2,(H,22,27)(H,23,28);4*3H,1-2H3. The van der Waals surface area contributed by atoms with Gasteiger partial charge in [-0.15, -0.1) is 35.3 Å². The number of carbonyl (C=O) groups excluding carboxylic acids is 10. The number of hydrogen-bond acceptors (Lipinski definition) is 37. The molecule has 0 spiro atoms. The lowest BCUT2D eigenvalue weighted by atomic mass is 10.3. The number of nitro groups is 6. The predicted molar refractivity (Wildman–Crippen MR) is 474 cm³/mol. The summed E-state index contributed by atoms with van der Waals surface area (Å²) in [5.74, 6) is -2.39. The maximum atomic E-state index is 12.2. The highest BCUT2D eigenvalue weighted by atomic mass is 32.2. The van der Waals surface area contributed by atoms with E-state index < -0.39 is 29.5 Å². The Kier molecular flexibility index (Phi) is 47.5. The van der Waals surface area contributed by atoms with Crippen molar-refractivity contribution < 1.29 is 77.5 Å². The number of nitrogens with one attached hydrogen (secondary N) is 6. The molecule has 10 amide bonds. The van der Waals surface area contributed by atoms with Gasteiger partial charge in [0.25, 0.3) is 34.1 Å². The second-order valence-corrected chi connectivity index (χ2v) is 32.9. The summed E-state index contributed by atoms with van der Waals surface area (Å²) in [6, 6.07) is 38.5. The number of hydrogen-bond donors (Lipinski definition) is 6. The molecular formula is C72H70N22O22S9. The van der Waals surface area contributed by atoms with Crippen molar-refractivity contribution in [3.63, 3.8) is 0 Å². The van der Waals surface area contributed by atoms with Gasteiger partial charge in [-0.2, -0.15) is 28.9 Å². The van der Waals surface area contributed by atoms with Crippen molar-refractivity contribution in [3.8, 4) is 18.2 Å². The molecule has 0 saturated heterocycles. The monoisotopic (exact) mass is 1880 g/mol. The van der Waals surface area contributed by atoms with E-state index in [-0.39, 0.29) is 121 Å². The fourth-order valence-electron chi connectivity index (χ4n) is 7.63. The van der Waals surface area contributed by atoms with Crippen LogP contribution in [0.25, 0.3) is 0 Å². The van der Waals surface area contributed by atoms with Gasteiger partial charge in [-0.3, -0.25) is 109 Å². The topological polar surface area (TPSA) is 625 Å². The SMILES string of the molecule is CN(C)C=O.CN(C)C=O.CN(C)C=O.CN(C)C=O.N#Cc1c(SCC(=O)Nc2ccc([N+](=O)[O-])cc2)nsc1SCC(=O)Nc1ccc([N+](=O)[O-])cc1.N#Cc1c(SCC(=O)Nc2ccc([N+](=O)[O-])cc2)nsc1SCC(=O)Nc1ccc([N+](=O)[O-])cc1.N#Cc1c(SCC(=O)Nc2ccc([N+](=O)[O-])cc2)nsc1SCC(=O)Nc1ccc([N+](=O)[O-])cc1. The lowest BCUT2D eigenvalue weighted by Gasteiger charge is -2.05. The van der Waals surface area contributed by atoms with Crippen molar-refractivity contribution in [3.05, 3.63) is 223 Å². The number of nitro benzene ring substituents is 6. The molecule has 3 heterocycles. The molecule has 0 saturated carbocycles.